The molecule has 1 aliphatic rings. The SMILES string of the molecule is COC(=O)C1Cc2cc(F)ccc2C1N. The number of carbonyl (C=O) groups is 1. The first-order valence-corrected chi connectivity index (χ1v) is 4.75. The van der Waals surface area contributed by atoms with Crippen LogP contribution >= 0.6 is 0 Å². The van der Waals surface area contributed by atoms with E-state index in [0.29, 0.717) is 6.42 Å². The molecule has 1 aliphatic carbocycles. The van der Waals surface area contributed by atoms with Gasteiger partial charge in [-0.3, -0.25) is 4.79 Å². The molecule has 15 heavy (non-hydrogen) atoms. The number of esters is 1. The summed E-state index contributed by atoms with van der Waals surface area (Å²) in [6, 6.07) is 4.04. The van der Waals surface area contributed by atoms with Gasteiger partial charge < -0.3 is 10.5 Å². The predicted molar refractivity (Wildman–Crippen MR) is 52.5 cm³/mol. The van der Waals surface area contributed by atoms with Gasteiger partial charge in [0.05, 0.1) is 13.0 Å². The summed E-state index contributed by atoms with van der Waals surface area (Å²) in [6.45, 7) is 0. The van der Waals surface area contributed by atoms with E-state index in [-0.39, 0.29) is 23.7 Å². The van der Waals surface area contributed by atoms with Crippen LogP contribution in [0.15, 0.2) is 18.2 Å². The number of nitrogens with two attached hydrogens (primary N) is 1. The smallest absolute Gasteiger partial charge is 0.310 e. The Morgan fingerprint density at radius 1 is 1.60 bits per heavy atom. The van der Waals surface area contributed by atoms with Crippen LogP contribution in [0.2, 0.25) is 0 Å². The lowest BCUT2D eigenvalue weighted by Crippen LogP contribution is -2.25. The van der Waals surface area contributed by atoms with E-state index in [1.165, 1.54) is 19.2 Å². The van der Waals surface area contributed by atoms with Gasteiger partial charge in [0.15, 0.2) is 0 Å². The van der Waals surface area contributed by atoms with Crippen LogP contribution in [0.5, 0.6) is 0 Å². The molecule has 2 N–H and O–H groups in total. The van der Waals surface area contributed by atoms with Crippen molar-refractivity contribution in [2.45, 2.75) is 12.5 Å². The van der Waals surface area contributed by atoms with Gasteiger partial charge in [-0.2, -0.15) is 0 Å². The quantitative estimate of drug-likeness (QED) is 0.706. The number of hydrogen-bond donors (Lipinski definition) is 1. The molecule has 0 aromatic heterocycles. The van der Waals surface area contributed by atoms with Crippen molar-refractivity contribution in [3.63, 3.8) is 0 Å². The summed E-state index contributed by atoms with van der Waals surface area (Å²) in [5, 5.41) is 0. The van der Waals surface area contributed by atoms with Crippen LogP contribution in [-0.2, 0) is 16.0 Å². The number of rotatable bonds is 1. The number of benzene rings is 1. The fourth-order valence-corrected chi connectivity index (χ4v) is 2.04. The lowest BCUT2D eigenvalue weighted by molar-refractivity contribution is -0.145. The van der Waals surface area contributed by atoms with Crippen molar-refractivity contribution < 1.29 is 13.9 Å². The number of ether oxygens (including phenoxy) is 1. The van der Waals surface area contributed by atoms with E-state index in [2.05, 4.69) is 4.74 Å². The highest BCUT2D eigenvalue weighted by Crippen LogP contribution is 2.35. The average Bonchev–Trinajstić information content (AvgIpc) is 2.54. The highest BCUT2D eigenvalue weighted by Gasteiger charge is 2.35. The Labute approximate surface area is 87.0 Å². The fraction of sp³-hybridized carbons (Fsp3) is 0.364. The molecule has 0 amide bonds. The summed E-state index contributed by atoms with van der Waals surface area (Å²) in [5.74, 6) is -1.02. The maximum atomic E-state index is 12.9. The van der Waals surface area contributed by atoms with Gasteiger partial charge in [0.25, 0.3) is 0 Å². The Bertz CT molecular complexity index is 406. The second-order valence-corrected chi connectivity index (χ2v) is 3.70. The number of carbonyl (C=O) groups excluding carboxylic acids is 1. The molecule has 2 atom stereocenters. The van der Waals surface area contributed by atoms with Crippen molar-refractivity contribution in [2.24, 2.45) is 11.7 Å². The van der Waals surface area contributed by atoms with Crippen LogP contribution in [0.1, 0.15) is 17.2 Å². The third-order valence-electron chi connectivity index (χ3n) is 2.84. The van der Waals surface area contributed by atoms with Crippen LogP contribution in [0.4, 0.5) is 4.39 Å². The maximum Gasteiger partial charge on any atom is 0.310 e. The Balaban J connectivity index is 2.32. The Kier molecular flexibility index (Phi) is 2.44. The molecule has 0 saturated carbocycles. The number of halogens is 1. The molecule has 0 spiro atoms. The first kappa shape index (κ1) is 10.1. The van der Waals surface area contributed by atoms with Gasteiger partial charge in [-0.25, -0.2) is 4.39 Å². The molecule has 0 saturated heterocycles. The van der Waals surface area contributed by atoms with E-state index in [4.69, 9.17) is 5.73 Å². The summed E-state index contributed by atoms with van der Waals surface area (Å²) in [6.07, 6.45) is 0.459. The first-order valence-electron chi connectivity index (χ1n) is 4.75. The Morgan fingerprint density at radius 2 is 2.33 bits per heavy atom. The standard InChI is InChI=1S/C11H12FNO2/c1-15-11(14)9-5-6-4-7(12)2-3-8(6)10(9)13/h2-4,9-10H,5,13H2,1H3. The van der Waals surface area contributed by atoms with E-state index in [1.807, 2.05) is 0 Å². The highest BCUT2D eigenvalue weighted by molar-refractivity contribution is 5.75. The molecule has 1 aromatic carbocycles. The minimum Gasteiger partial charge on any atom is -0.469 e. The molecule has 0 heterocycles. The minimum atomic E-state index is -0.383. The molecule has 0 fully saturated rings. The Hall–Kier alpha value is -1.42. The van der Waals surface area contributed by atoms with Gasteiger partial charge in [-0.15, -0.1) is 0 Å². The van der Waals surface area contributed by atoms with Crippen molar-refractivity contribution in [2.75, 3.05) is 7.11 Å². The third-order valence-corrected chi connectivity index (χ3v) is 2.84. The van der Waals surface area contributed by atoms with Crippen LogP contribution < -0.4 is 5.73 Å². The van der Waals surface area contributed by atoms with Crippen molar-refractivity contribution in [1.29, 1.82) is 0 Å². The van der Waals surface area contributed by atoms with Gasteiger partial charge in [0.2, 0.25) is 0 Å². The largest absolute Gasteiger partial charge is 0.469 e. The van der Waals surface area contributed by atoms with E-state index >= 15 is 0 Å². The van der Waals surface area contributed by atoms with Crippen molar-refractivity contribution in [3.05, 3.63) is 35.1 Å². The normalized spacial score (nSPS) is 23.7. The van der Waals surface area contributed by atoms with Crippen LogP contribution in [0.3, 0.4) is 0 Å². The number of fused-ring (bicyclic) bond motifs is 1. The number of hydrogen-bond acceptors (Lipinski definition) is 3. The second-order valence-electron chi connectivity index (χ2n) is 3.70. The molecule has 0 radical (unpaired) electrons. The summed E-state index contributed by atoms with van der Waals surface area (Å²) < 4.78 is 17.6. The fourth-order valence-electron chi connectivity index (χ4n) is 2.04. The van der Waals surface area contributed by atoms with Crippen LogP contribution in [0, 0.1) is 11.7 Å². The monoisotopic (exact) mass is 209 g/mol. The lowest BCUT2D eigenvalue weighted by Gasteiger charge is -2.12. The van der Waals surface area contributed by atoms with Gasteiger partial charge in [0.1, 0.15) is 5.82 Å². The molecule has 3 nitrogen and oxygen atoms in total. The summed E-state index contributed by atoms with van der Waals surface area (Å²) in [4.78, 5) is 11.4. The molecular weight excluding hydrogens is 197 g/mol. The molecule has 2 rings (SSSR count). The summed E-state index contributed by atoms with van der Waals surface area (Å²) in [7, 11) is 1.33. The van der Waals surface area contributed by atoms with Crippen molar-refractivity contribution in [3.8, 4) is 0 Å². The molecule has 1 aromatic rings. The van der Waals surface area contributed by atoms with E-state index < -0.39 is 0 Å². The van der Waals surface area contributed by atoms with E-state index in [1.54, 1.807) is 6.07 Å². The molecule has 2 unspecified atom stereocenters. The topological polar surface area (TPSA) is 52.3 Å². The van der Waals surface area contributed by atoms with E-state index in [9.17, 15) is 9.18 Å². The van der Waals surface area contributed by atoms with Crippen LogP contribution in [0.25, 0.3) is 0 Å². The van der Waals surface area contributed by atoms with Gasteiger partial charge in [-0.1, -0.05) is 6.07 Å². The minimum absolute atomic E-state index is 0.300. The molecular formula is C11H12FNO2. The zero-order valence-electron chi connectivity index (χ0n) is 8.37. The van der Waals surface area contributed by atoms with Crippen LogP contribution in [-0.4, -0.2) is 13.1 Å². The highest BCUT2D eigenvalue weighted by atomic mass is 19.1. The maximum absolute atomic E-state index is 12.9. The molecule has 4 heteroatoms. The van der Waals surface area contributed by atoms with Crippen molar-refractivity contribution in [1.82, 2.24) is 0 Å². The molecule has 0 aliphatic heterocycles. The van der Waals surface area contributed by atoms with Gasteiger partial charge in [0, 0.05) is 6.04 Å². The van der Waals surface area contributed by atoms with Gasteiger partial charge in [-0.05, 0) is 29.7 Å². The molecule has 0 bridgehead atoms. The Morgan fingerprint density at radius 3 is 3.00 bits per heavy atom. The number of methoxy groups -OCH3 is 1. The van der Waals surface area contributed by atoms with Crippen molar-refractivity contribution >= 4 is 5.97 Å². The lowest BCUT2D eigenvalue weighted by atomic mass is 10.0. The van der Waals surface area contributed by atoms with E-state index in [0.717, 1.165) is 11.1 Å². The average molecular weight is 209 g/mol. The summed E-state index contributed by atoms with van der Waals surface area (Å²) >= 11 is 0. The summed E-state index contributed by atoms with van der Waals surface area (Å²) in [5.41, 5.74) is 7.54. The first-order chi connectivity index (χ1) is 7.13. The predicted octanol–water partition coefficient (Wildman–Crippen LogP) is 1.17. The second kappa shape index (κ2) is 3.62. The zero-order chi connectivity index (χ0) is 11.0. The third kappa shape index (κ3) is 1.61. The van der Waals surface area contributed by atoms with Gasteiger partial charge >= 0.3 is 5.97 Å². The molecule has 80 valence electrons. The zero-order valence-corrected chi connectivity index (χ0v) is 8.37.